The molecule has 0 saturated carbocycles. The number of unbranched alkanes of at least 4 members (excludes halogenated alkanes) is 2. The lowest BCUT2D eigenvalue weighted by atomic mass is 10.1. The van der Waals surface area contributed by atoms with Crippen LogP contribution in [-0.2, 0) is 4.57 Å². The molecule has 0 aromatic rings. The lowest BCUT2D eigenvalue weighted by molar-refractivity contribution is 0.405. The normalized spacial score (nSPS) is 11.5. The Hall–Kier alpha value is -0.0200. The van der Waals surface area contributed by atoms with Gasteiger partial charge in [0.15, 0.2) is 0 Å². The van der Waals surface area contributed by atoms with Crippen molar-refractivity contribution in [2.75, 3.05) is 6.54 Å². The molecule has 0 rings (SSSR count). The summed E-state index contributed by atoms with van der Waals surface area (Å²) in [6.07, 6.45) is 5.43. The molecule has 0 saturated heterocycles. The van der Waals surface area contributed by atoms with Gasteiger partial charge in [0.25, 0.3) is 0 Å². The third kappa shape index (κ3) is 22.7. The predicted molar refractivity (Wildman–Crippen MR) is 59.3 cm³/mol. The first kappa shape index (κ1) is 16.4. The van der Waals surface area contributed by atoms with Crippen LogP contribution in [0.25, 0.3) is 0 Å². The average Bonchev–Trinajstić information content (AvgIpc) is 2.04. The van der Waals surface area contributed by atoms with Gasteiger partial charge >= 0.3 is 8.25 Å². The standard InChI is InChI=1S/C9H21N.HO3P/c1-4-6-7-8-9(3)10-5-2;1-4(2)3/h9-10H,4-8H2,1-3H3;(H-,1,2,3)/p+1. The number of rotatable bonds is 6. The van der Waals surface area contributed by atoms with Crippen LogP contribution in [-0.4, -0.2) is 22.4 Å². The molecule has 14 heavy (non-hydrogen) atoms. The molecule has 0 radical (unpaired) electrons. The van der Waals surface area contributed by atoms with E-state index in [-0.39, 0.29) is 0 Å². The predicted octanol–water partition coefficient (Wildman–Crippen LogP) is 2.19. The summed E-state index contributed by atoms with van der Waals surface area (Å²) in [6, 6.07) is 0.719. The molecule has 0 fully saturated rings. The SMILES string of the molecule is CCCCCC(C)NCC.O=[P+](O)O. The van der Waals surface area contributed by atoms with Crippen molar-refractivity contribution in [1.82, 2.24) is 5.32 Å². The van der Waals surface area contributed by atoms with Crippen molar-refractivity contribution in [3.63, 3.8) is 0 Å². The van der Waals surface area contributed by atoms with Gasteiger partial charge in [0.2, 0.25) is 0 Å². The minimum atomic E-state index is -2.87. The van der Waals surface area contributed by atoms with Gasteiger partial charge in [-0.05, 0) is 19.9 Å². The van der Waals surface area contributed by atoms with Gasteiger partial charge in [-0.15, -0.1) is 9.79 Å². The molecule has 86 valence electrons. The quantitative estimate of drug-likeness (QED) is 0.478. The van der Waals surface area contributed by atoms with E-state index in [4.69, 9.17) is 14.4 Å². The molecule has 1 unspecified atom stereocenters. The van der Waals surface area contributed by atoms with Crippen LogP contribution in [0, 0.1) is 0 Å². The fourth-order valence-corrected chi connectivity index (χ4v) is 1.15. The zero-order chi connectivity index (χ0) is 11.4. The van der Waals surface area contributed by atoms with Crippen molar-refractivity contribution >= 4 is 8.25 Å². The van der Waals surface area contributed by atoms with E-state index in [1.165, 1.54) is 25.7 Å². The summed E-state index contributed by atoms with van der Waals surface area (Å²) < 4.78 is 8.70. The van der Waals surface area contributed by atoms with Crippen LogP contribution >= 0.6 is 8.25 Å². The van der Waals surface area contributed by atoms with Gasteiger partial charge in [0.05, 0.1) is 0 Å². The second-order valence-corrected chi connectivity index (χ2v) is 3.71. The largest absolute Gasteiger partial charge is 0.692 e. The monoisotopic (exact) mass is 224 g/mol. The Balaban J connectivity index is 0. The second kappa shape index (κ2) is 13.0. The number of hydrogen-bond acceptors (Lipinski definition) is 2. The highest BCUT2D eigenvalue weighted by Crippen LogP contribution is 2.01. The molecule has 3 N–H and O–H groups in total. The Labute approximate surface area is 87.7 Å². The fourth-order valence-electron chi connectivity index (χ4n) is 1.15. The molecule has 4 nitrogen and oxygen atoms in total. The summed E-state index contributed by atoms with van der Waals surface area (Å²) in [7, 11) is -2.87. The molecule has 0 aromatic carbocycles. The van der Waals surface area contributed by atoms with Crippen LogP contribution in [0.1, 0.15) is 46.5 Å². The fraction of sp³-hybridized carbons (Fsp3) is 1.00. The molecule has 0 heterocycles. The third-order valence-corrected chi connectivity index (χ3v) is 1.79. The molecule has 5 heteroatoms. The van der Waals surface area contributed by atoms with E-state index in [9.17, 15) is 0 Å². The van der Waals surface area contributed by atoms with Gasteiger partial charge in [0.1, 0.15) is 0 Å². The van der Waals surface area contributed by atoms with Crippen molar-refractivity contribution < 1.29 is 14.4 Å². The first-order chi connectivity index (χ1) is 6.54. The molecule has 0 bridgehead atoms. The van der Waals surface area contributed by atoms with E-state index >= 15 is 0 Å². The van der Waals surface area contributed by atoms with Crippen molar-refractivity contribution in [1.29, 1.82) is 0 Å². The van der Waals surface area contributed by atoms with E-state index in [0.717, 1.165) is 12.6 Å². The van der Waals surface area contributed by atoms with Crippen LogP contribution in [0.2, 0.25) is 0 Å². The maximum atomic E-state index is 8.70. The second-order valence-electron chi connectivity index (χ2n) is 3.21. The van der Waals surface area contributed by atoms with Crippen LogP contribution < -0.4 is 5.32 Å². The van der Waals surface area contributed by atoms with E-state index in [1.807, 2.05) is 0 Å². The molecule has 1 atom stereocenters. The van der Waals surface area contributed by atoms with Crippen LogP contribution in [0.5, 0.6) is 0 Å². The molecular weight excluding hydrogens is 201 g/mol. The molecule has 0 aliphatic carbocycles. The smallest absolute Gasteiger partial charge is 0.315 e. The molecule has 0 aromatic heterocycles. The topological polar surface area (TPSA) is 69.6 Å². The Bertz CT molecular complexity index is 129. The van der Waals surface area contributed by atoms with E-state index in [0.29, 0.717) is 0 Å². The Morgan fingerprint density at radius 3 is 2.14 bits per heavy atom. The maximum Gasteiger partial charge on any atom is 0.692 e. The van der Waals surface area contributed by atoms with E-state index in [1.54, 1.807) is 0 Å². The van der Waals surface area contributed by atoms with Gasteiger partial charge in [-0.3, -0.25) is 0 Å². The summed E-state index contributed by atoms with van der Waals surface area (Å²) in [6.45, 7) is 7.78. The highest BCUT2D eigenvalue weighted by molar-refractivity contribution is 7.30. The Kier molecular flexibility index (Phi) is 15.2. The Morgan fingerprint density at radius 2 is 1.79 bits per heavy atom. The van der Waals surface area contributed by atoms with Gasteiger partial charge in [-0.2, -0.15) is 0 Å². The maximum absolute atomic E-state index is 8.70. The molecule has 0 aliphatic rings. The average molecular weight is 224 g/mol. The molecule has 0 spiro atoms. The minimum Gasteiger partial charge on any atom is -0.315 e. The zero-order valence-electron chi connectivity index (χ0n) is 9.36. The first-order valence-corrected chi connectivity index (χ1v) is 6.29. The summed E-state index contributed by atoms with van der Waals surface area (Å²) in [5, 5.41) is 3.40. The van der Waals surface area contributed by atoms with Gasteiger partial charge < -0.3 is 5.32 Å². The summed E-state index contributed by atoms with van der Waals surface area (Å²) in [5.74, 6) is 0. The number of nitrogens with one attached hydrogen (secondary N) is 1. The third-order valence-electron chi connectivity index (χ3n) is 1.79. The van der Waals surface area contributed by atoms with E-state index < -0.39 is 8.25 Å². The van der Waals surface area contributed by atoms with Crippen LogP contribution in [0.15, 0.2) is 0 Å². The van der Waals surface area contributed by atoms with Gasteiger partial charge in [0, 0.05) is 10.6 Å². The lowest BCUT2D eigenvalue weighted by Crippen LogP contribution is -2.25. The highest BCUT2D eigenvalue weighted by atomic mass is 31.1. The summed E-state index contributed by atoms with van der Waals surface area (Å²) in [5.41, 5.74) is 0. The molecular formula is C9H23NO3P+. The van der Waals surface area contributed by atoms with Crippen molar-refractivity contribution in [3.8, 4) is 0 Å². The zero-order valence-corrected chi connectivity index (χ0v) is 10.3. The van der Waals surface area contributed by atoms with Crippen molar-refractivity contribution in [2.24, 2.45) is 0 Å². The van der Waals surface area contributed by atoms with Gasteiger partial charge in [-0.1, -0.05) is 33.1 Å². The van der Waals surface area contributed by atoms with Crippen molar-refractivity contribution in [3.05, 3.63) is 0 Å². The van der Waals surface area contributed by atoms with Crippen molar-refractivity contribution in [2.45, 2.75) is 52.5 Å². The summed E-state index contributed by atoms with van der Waals surface area (Å²) in [4.78, 5) is 14.2. The lowest BCUT2D eigenvalue weighted by Gasteiger charge is -2.10. The highest BCUT2D eigenvalue weighted by Gasteiger charge is 1.96. The van der Waals surface area contributed by atoms with E-state index in [2.05, 4.69) is 26.1 Å². The first-order valence-electron chi connectivity index (χ1n) is 5.12. The summed E-state index contributed by atoms with van der Waals surface area (Å²) >= 11 is 0. The van der Waals surface area contributed by atoms with Gasteiger partial charge in [-0.25, -0.2) is 0 Å². The Morgan fingerprint density at radius 1 is 1.29 bits per heavy atom. The molecule has 0 amide bonds. The van der Waals surface area contributed by atoms with Crippen LogP contribution in [0.4, 0.5) is 0 Å². The minimum absolute atomic E-state index is 0.719. The van der Waals surface area contributed by atoms with Crippen LogP contribution in [0.3, 0.4) is 0 Å². The molecule has 0 aliphatic heterocycles. The number of hydrogen-bond donors (Lipinski definition) is 3.